The summed E-state index contributed by atoms with van der Waals surface area (Å²) < 4.78 is 2.11. The molecule has 1 aliphatic carbocycles. The summed E-state index contributed by atoms with van der Waals surface area (Å²) in [6.45, 7) is 3.78. The molecule has 1 aliphatic rings. The van der Waals surface area contributed by atoms with Crippen molar-refractivity contribution in [2.45, 2.75) is 43.1 Å². The molecule has 8 heteroatoms. The average Bonchev–Trinajstić information content (AvgIpc) is 3.26. The van der Waals surface area contributed by atoms with Crippen LogP contribution >= 0.6 is 35.0 Å². The minimum absolute atomic E-state index is 0.137. The van der Waals surface area contributed by atoms with Gasteiger partial charge in [-0.2, -0.15) is 0 Å². The first kappa shape index (κ1) is 16.6. The van der Waals surface area contributed by atoms with E-state index in [9.17, 15) is 4.79 Å². The largest absolute Gasteiger partial charge is 0.324 e. The maximum Gasteiger partial charge on any atom is 0.237 e. The number of carbonyl (C=O) groups is 1. The van der Waals surface area contributed by atoms with Gasteiger partial charge in [0.25, 0.3) is 0 Å². The lowest BCUT2D eigenvalue weighted by molar-refractivity contribution is -0.115. The van der Waals surface area contributed by atoms with Crippen LogP contribution < -0.4 is 5.32 Å². The minimum Gasteiger partial charge on any atom is -0.324 e. The number of aromatic nitrogens is 3. The van der Waals surface area contributed by atoms with E-state index in [1.165, 1.54) is 11.8 Å². The van der Waals surface area contributed by atoms with Gasteiger partial charge < -0.3 is 9.88 Å². The fourth-order valence-corrected chi connectivity index (χ4v) is 3.64. The second kappa shape index (κ2) is 6.71. The quantitative estimate of drug-likeness (QED) is 0.794. The van der Waals surface area contributed by atoms with Crippen molar-refractivity contribution in [2.75, 3.05) is 5.32 Å². The zero-order chi connectivity index (χ0) is 16.6. The lowest BCUT2D eigenvalue weighted by atomic mass is 10.3. The molecule has 2 aromatic rings. The van der Waals surface area contributed by atoms with Gasteiger partial charge in [0.2, 0.25) is 5.91 Å². The van der Waals surface area contributed by atoms with Crippen molar-refractivity contribution in [3.05, 3.63) is 34.1 Å². The van der Waals surface area contributed by atoms with Gasteiger partial charge in [-0.05, 0) is 44.9 Å². The van der Waals surface area contributed by atoms with Crippen molar-refractivity contribution in [3.8, 4) is 0 Å². The molecule has 5 nitrogen and oxygen atoms in total. The third-order valence-corrected chi connectivity index (χ3v) is 5.19. The molecule has 1 atom stereocenters. The highest BCUT2D eigenvalue weighted by molar-refractivity contribution is 8.00. The highest BCUT2D eigenvalue weighted by Gasteiger charge is 2.29. The number of nitrogens with zero attached hydrogens (tertiary/aromatic N) is 3. The van der Waals surface area contributed by atoms with E-state index in [0.29, 0.717) is 21.8 Å². The summed E-state index contributed by atoms with van der Waals surface area (Å²) in [4.78, 5) is 12.4. The van der Waals surface area contributed by atoms with Crippen molar-refractivity contribution in [2.24, 2.45) is 0 Å². The Hall–Kier alpha value is -1.24. The smallest absolute Gasteiger partial charge is 0.237 e. The van der Waals surface area contributed by atoms with Gasteiger partial charge in [-0.3, -0.25) is 4.79 Å². The van der Waals surface area contributed by atoms with E-state index in [0.717, 1.165) is 23.8 Å². The number of thioether (sulfide) groups is 1. The predicted octanol–water partition coefficient (Wildman–Crippen LogP) is 4.35. The van der Waals surface area contributed by atoms with E-state index < -0.39 is 0 Å². The Kier molecular flexibility index (Phi) is 4.85. The van der Waals surface area contributed by atoms with Gasteiger partial charge in [0.15, 0.2) is 5.16 Å². The number of nitrogens with one attached hydrogen (secondary N) is 1. The zero-order valence-corrected chi connectivity index (χ0v) is 15.0. The van der Waals surface area contributed by atoms with Crippen LogP contribution in [0.1, 0.15) is 31.6 Å². The zero-order valence-electron chi connectivity index (χ0n) is 12.7. The number of halogens is 2. The molecule has 1 fully saturated rings. The van der Waals surface area contributed by atoms with Gasteiger partial charge in [-0.1, -0.05) is 35.0 Å². The first-order valence-electron chi connectivity index (χ1n) is 7.30. The second-order valence-corrected chi connectivity index (χ2v) is 7.66. The molecule has 1 aromatic carbocycles. The number of aryl methyl sites for hydroxylation is 1. The van der Waals surface area contributed by atoms with Gasteiger partial charge in [-0.15, -0.1) is 10.2 Å². The number of carbonyl (C=O) groups excluding carboxylic acids is 1. The molecular weight excluding hydrogens is 355 g/mol. The Balaban J connectivity index is 1.68. The lowest BCUT2D eigenvalue weighted by Crippen LogP contribution is -2.23. The van der Waals surface area contributed by atoms with E-state index in [2.05, 4.69) is 20.1 Å². The van der Waals surface area contributed by atoms with Gasteiger partial charge in [0.05, 0.1) is 16.0 Å². The van der Waals surface area contributed by atoms with Crippen LogP contribution in [0.5, 0.6) is 0 Å². The fourth-order valence-electron chi connectivity index (χ4n) is 2.22. The lowest BCUT2D eigenvalue weighted by Gasteiger charge is -2.13. The van der Waals surface area contributed by atoms with Crippen molar-refractivity contribution >= 4 is 46.6 Å². The van der Waals surface area contributed by atoms with Crippen molar-refractivity contribution in [1.29, 1.82) is 0 Å². The number of rotatable bonds is 5. The number of hydrogen-bond donors (Lipinski definition) is 1. The third kappa shape index (κ3) is 3.82. The van der Waals surface area contributed by atoms with E-state index >= 15 is 0 Å². The van der Waals surface area contributed by atoms with Crippen LogP contribution in [0.3, 0.4) is 0 Å². The molecule has 122 valence electrons. The summed E-state index contributed by atoms with van der Waals surface area (Å²) in [5.74, 6) is 0.755. The van der Waals surface area contributed by atoms with Crippen molar-refractivity contribution in [3.63, 3.8) is 0 Å². The van der Waals surface area contributed by atoms with E-state index in [1.807, 2.05) is 13.8 Å². The van der Waals surface area contributed by atoms with Crippen LogP contribution in [0.4, 0.5) is 5.69 Å². The van der Waals surface area contributed by atoms with Gasteiger partial charge in [0.1, 0.15) is 5.82 Å². The van der Waals surface area contributed by atoms with Gasteiger partial charge >= 0.3 is 0 Å². The molecular formula is C15H16Cl2N4OS. The van der Waals surface area contributed by atoms with Crippen LogP contribution in [0.25, 0.3) is 0 Å². The minimum atomic E-state index is -0.317. The predicted molar refractivity (Wildman–Crippen MR) is 93.4 cm³/mol. The summed E-state index contributed by atoms with van der Waals surface area (Å²) in [7, 11) is 0. The van der Waals surface area contributed by atoms with Crippen LogP contribution in [0.15, 0.2) is 23.4 Å². The molecule has 0 unspecified atom stereocenters. The normalized spacial score (nSPS) is 15.5. The first-order valence-corrected chi connectivity index (χ1v) is 8.93. The maximum atomic E-state index is 12.4. The molecule has 0 saturated heterocycles. The van der Waals surface area contributed by atoms with Gasteiger partial charge in [0, 0.05) is 11.1 Å². The molecule has 0 spiro atoms. The molecule has 1 N–H and O–H groups in total. The summed E-state index contributed by atoms with van der Waals surface area (Å²) in [6, 6.07) is 5.46. The maximum absolute atomic E-state index is 12.4. The molecule has 0 radical (unpaired) electrons. The number of benzene rings is 1. The standard InChI is InChI=1S/C15H16Cl2N4OS/c1-8(14(22)18-13-6-3-10(16)7-12(13)17)23-15-20-19-9(2)21(15)11-4-5-11/h3,6-8,11H,4-5H2,1-2H3,(H,18,22)/t8-/m1/s1. The number of anilines is 1. The molecule has 1 heterocycles. The van der Waals surface area contributed by atoms with E-state index in [-0.39, 0.29) is 11.2 Å². The molecule has 1 aromatic heterocycles. The Morgan fingerprint density at radius 3 is 2.78 bits per heavy atom. The monoisotopic (exact) mass is 370 g/mol. The van der Waals surface area contributed by atoms with E-state index in [1.54, 1.807) is 18.2 Å². The van der Waals surface area contributed by atoms with E-state index in [4.69, 9.17) is 23.2 Å². The first-order chi connectivity index (χ1) is 11.0. The summed E-state index contributed by atoms with van der Waals surface area (Å²) >= 11 is 13.3. The summed E-state index contributed by atoms with van der Waals surface area (Å²) in [5, 5.41) is 12.5. The molecule has 0 aliphatic heterocycles. The Morgan fingerprint density at radius 1 is 1.39 bits per heavy atom. The molecule has 3 rings (SSSR count). The number of hydrogen-bond acceptors (Lipinski definition) is 4. The van der Waals surface area contributed by atoms with Crippen LogP contribution in [-0.2, 0) is 4.79 Å². The van der Waals surface area contributed by atoms with Crippen molar-refractivity contribution < 1.29 is 4.79 Å². The molecule has 23 heavy (non-hydrogen) atoms. The molecule has 1 amide bonds. The SMILES string of the molecule is Cc1nnc(S[C@H](C)C(=O)Nc2ccc(Cl)cc2Cl)n1C1CC1. The fraction of sp³-hybridized carbons (Fsp3) is 0.400. The Labute approximate surface area is 148 Å². The van der Waals surface area contributed by atoms with Crippen LogP contribution in [0, 0.1) is 6.92 Å². The molecule has 1 saturated carbocycles. The van der Waals surface area contributed by atoms with Crippen molar-refractivity contribution in [1.82, 2.24) is 14.8 Å². The number of amides is 1. The second-order valence-electron chi connectivity index (χ2n) is 5.50. The third-order valence-electron chi connectivity index (χ3n) is 3.59. The Morgan fingerprint density at radius 2 is 2.13 bits per heavy atom. The van der Waals surface area contributed by atoms with Crippen LogP contribution in [-0.4, -0.2) is 25.9 Å². The summed E-state index contributed by atoms with van der Waals surface area (Å²) in [6.07, 6.45) is 2.29. The molecule has 0 bridgehead atoms. The highest BCUT2D eigenvalue weighted by Crippen LogP contribution is 2.39. The van der Waals surface area contributed by atoms with Gasteiger partial charge in [-0.25, -0.2) is 0 Å². The Bertz CT molecular complexity index is 745. The summed E-state index contributed by atoms with van der Waals surface area (Å²) in [5.41, 5.74) is 0.549. The highest BCUT2D eigenvalue weighted by atomic mass is 35.5. The topological polar surface area (TPSA) is 59.8 Å². The van der Waals surface area contributed by atoms with Crippen LogP contribution in [0.2, 0.25) is 10.0 Å². The average molecular weight is 371 g/mol.